The molecule has 2 rings (SSSR count). The Morgan fingerprint density at radius 1 is 1.17 bits per heavy atom. The van der Waals surface area contributed by atoms with Gasteiger partial charge in [0.15, 0.2) is 0 Å². The Hall–Kier alpha value is -1.03. The molecule has 1 atom stereocenters. The van der Waals surface area contributed by atoms with Crippen LogP contribution in [0, 0.1) is 5.82 Å². The standard InChI is InChI=1S/C14H13ClFNS/c1-9(17)12-3-2-4-13(16)14(12)18-11-7-5-10(15)6-8-11/h2-9H,17H2,1H3/t9-/m1/s1. The quantitative estimate of drug-likeness (QED) is 0.886. The third-order valence-corrected chi connectivity index (χ3v) is 3.92. The summed E-state index contributed by atoms with van der Waals surface area (Å²) in [5, 5.41) is 0.667. The highest BCUT2D eigenvalue weighted by molar-refractivity contribution is 7.99. The zero-order chi connectivity index (χ0) is 13.1. The lowest BCUT2D eigenvalue weighted by Gasteiger charge is -2.13. The zero-order valence-corrected chi connectivity index (χ0v) is 11.4. The van der Waals surface area contributed by atoms with Crippen molar-refractivity contribution in [1.29, 1.82) is 0 Å². The molecule has 0 unspecified atom stereocenters. The van der Waals surface area contributed by atoms with E-state index in [1.54, 1.807) is 18.2 Å². The fourth-order valence-electron chi connectivity index (χ4n) is 1.61. The second-order valence-corrected chi connectivity index (χ2v) is 5.52. The van der Waals surface area contributed by atoms with Gasteiger partial charge in [0.1, 0.15) is 5.82 Å². The maximum Gasteiger partial charge on any atom is 0.137 e. The van der Waals surface area contributed by atoms with E-state index >= 15 is 0 Å². The Labute approximate surface area is 115 Å². The van der Waals surface area contributed by atoms with Crippen molar-refractivity contribution in [2.24, 2.45) is 5.73 Å². The van der Waals surface area contributed by atoms with Gasteiger partial charge in [0, 0.05) is 16.0 Å². The van der Waals surface area contributed by atoms with E-state index in [-0.39, 0.29) is 11.9 Å². The van der Waals surface area contributed by atoms with Gasteiger partial charge in [0.05, 0.1) is 4.90 Å². The molecule has 0 aliphatic heterocycles. The minimum Gasteiger partial charge on any atom is -0.324 e. The summed E-state index contributed by atoms with van der Waals surface area (Å²) in [6.07, 6.45) is 0. The van der Waals surface area contributed by atoms with Gasteiger partial charge in [-0.15, -0.1) is 0 Å². The molecule has 0 aromatic heterocycles. The van der Waals surface area contributed by atoms with Gasteiger partial charge in [0.2, 0.25) is 0 Å². The van der Waals surface area contributed by atoms with Gasteiger partial charge in [-0.25, -0.2) is 4.39 Å². The van der Waals surface area contributed by atoms with Crippen molar-refractivity contribution in [1.82, 2.24) is 0 Å². The Morgan fingerprint density at radius 3 is 2.44 bits per heavy atom. The predicted molar refractivity (Wildman–Crippen MR) is 74.6 cm³/mol. The topological polar surface area (TPSA) is 26.0 Å². The number of benzene rings is 2. The largest absolute Gasteiger partial charge is 0.324 e. The Kier molecular flexibility index (Phi) is 4.27. The third kappa shape index (κ3) is 3.05. The first kappa shape index (κ1) is 13.4. The molecule has 18 heavy (non-hydrogen) atoms. The maximum atomic E-state index is 13.9. The van der Waals surface area contributed by atoms with Crippen molar-refractivity contribution in [3.63, 3.8) is 0 Å². The molecule has 0 saturated carbocycles. The highest BCUT2D eigenvalue weighted by Gasteiger charge is 2.12. The van der Waals surface area contributed by atoms with Crippen LogP contribution in [0.5, 0.6) is 0 Å². The zero-order valence-electron chi connectivity index (χ0n) is 9.86. The molecule has 2 aromatic carbocycles. The van der Waals surface area contributed by atoms with Crippen molar-refractivity contribution < 1.29 is 4.39 Å². The van der Waals surface area contributed by atoms with Gasteiger partial charge < -0.3 is 5.73 Å². The SMILES string of the molecule is C[C@@H](N)c1cccc(F)c1Sc1ccc(Cl)cc1. The molecule has 0 amide bonds. The van der Waals surface area contributed by atoms with Crippen molar-refractivity contribution >= 4 is 23.4 Å². The van der Waals surface area contributed by atoms with Gasteiger partial charge in [-0.2, -0.15) is 0 Å². The van der Waals surface area contributed by atoms with E-state index in [2.05, 4.69) is 0 Å². The predicted octanol–water partition coefficient (Wildman–Crippen LogP) is 4.65. The normalized spacial score (nSPS) is 12.4. The van der Waals surface area contributed by atoms with E-state index in [1.807, 2.05) is 25.1 Å². The molecule has 0 spiro atoms. The van der Waals surface area contributed by atoms with E-state index in [9.17, 15) is 4.39 Å². The molecule has 2 N–H and O–H groups in total. The number of hydrogen-bond acceptors (Lipinski definition) is 2. The van der Waals surface area contributed by atoms with Gasteiger partial charge in [-0.05, 0) is 42.8 Å². The lowest BCUT2D eigenvalue weighted by Crippen LogP contribution is -2.07. The van der Waals surface area contributed by atoms with E-state index < -0.39 is 0 Å². The molecule has 0 heterocycles. The van der Waals surface area contributed by atoms with Crippen LogP contribution in [0.2, 0.25) is 5.02 Å². The lowest BCUT2D eigenvalue weighted by atomic mass is 10.1. The molecule has 1 nitrogen and oxygen atoms in total. The summed E-state index contributed by atoms with van der Waals surface area (Å²) in [5.41, 5.74) is 6.67. The summed E-state index contributed by atoms with van der Waals surface area (Å²) in [7, 11) is 0. The average molecular weight is 282 g/mol. The number of hydrogen-bond donors (Lipinski definition) is 1. The molecule has 0 fully saturated rings. The van der Waals surface area contributed by atoms with Crippen LogP contribution >= 0.6 is 23.4 Å². The summed E-state index contributed by atoms with van der Waals surface area (Å²) < 4.78 is 13.9. The van der Waals surface area contributed by atoms with E-state index in [0.717, 1.165) is 10.5 Å². The molecule has 0 aliphatic rings. The Balaban J connectivity index is 2.36. The third-order valence-electron chi connectivity index (χ3n) is 2.52. The second kappa shape index (κ2) is 5.74. The summed E-state index contributed by atoms with van der Waals surface area (Å²) in [5.74, 6) is -0.246. The summed E-state index contributed by atoms with van der Waals surface area (Å²) >= 11 is 7.19. The van der Waals surface area contributed by atoms with Crippen LogP contribution in [0.15, 0.2) is 52.3 Å². The molecular weight excluding hydrogens is 269 g/mol. The van der Waals surface area contributed by atoms with Gasteiger partial charge in [-0.1, -0.05) is 35.5 Å². The molecule has 0 aliphatic carbocycles. The number of nitrogens with two attached hydrogens (primary N) is 1. The van der Waals surface area contributed by atoms with Crippen molar-refractivity contribution in [3.8, 4) is 0 Å². The Morgan fingerprint density at radius 2 is 1.83 bits per heavy atom. The van der Waals surface area contributed by atoms with Gasteiger partial charge in [-0.3, -0.25) is 0 Å². The second-order valence-electron chi connectivity index (χ2n) is 4.00. The van der Waals surface area contributed by atoms with E-state index in [4.69, 9.17) is 17.3 Å². The fourth-order valence-corrected chi connectivity index (χ4v) is 2.78. The first-order chi connectivity index (χ1) is 8.58. The van der Waals surface area contributed by atoms with Gasteiger partial charge >= 0.3 is 0 Å². The molecule has 0 saturated heterocycles. The van der Waals surface area contributed by atoms with Crippen molar-refractivity contribution in [2.45, 2.75) is 22.8 Å². The number of rotatable bonds is 3. The first-order valence-corrected chi connectivity index (χ1v) is 6.75. The van der Waals surface area contributed by atoms with Crippen LogP contribution in [0.4, 0.5) is 4.39 Å². The smallest absolute Gasteiger partial charge is 0.137 e. The average Bonchev–Trinajstić information content (AvgIpc) is 2.34. The van der Waals surface area contributed by atoms with E-state index in [0.29, 0.717) is 9.92 Å². The number of halogens is 2. The van der Waals surface area contributed by atoms with Crippen molar-refractivity contribution in [2.75, 3.05) is 0 Å². The molecule has 94 valence electrons. The summed E-state index contributed by atoms with van der Waals surface area (Å²) in [4.78, 5) is 1.52. The maximum absolute atomic E-state index is 13.9. The highest BCUT2D eigenvalue weighted by Crippen LogP contribution is 2.35. The highest BCUT2D eigenvalue weighted by atomic mass is 35.5. The summed E-state index contributed by atoms with van der Waals surface area (Å²) in [6, 6.07) is 12.1. The van der Waals surface area contributed by atoms with Crippen molar-refractivity contribution in [3.05, 3.63) is 58.9 Å². The molecular formula is C14H13ClFNS. The van der Waals surface area contributed by atoms with Crippen LogP contribution in [0.3, 0.4) is 0 Å². The summed E-state index contributed by atoms with van der Waals surface area (Å²) in [6.45, 7) is 1.85. The minimum atomic E-state index is -0.246. The molecule has 0 radical (unpaired) electrons. The molecule has 0 bridgehead atoms. The molecule has 4 heteroatoms. The van der Waals surface area contributed by atoms with E-state index in [1.165, 1.54) is 17.8 Å². The van der Waals surface area contributed by atoms with Crippen LogP contribution < -0.4 is 5.73 Å². The van der Waals surface area contributed by atoms with Crippen LogP contribution in [0.25, 0.3) is 0 Å². The lowest BCUT2D eigenvalue weighted by molar-refractivity contribution is 0.591. The van der Waals surface area contributed by atoms with Crippen LogP contribution in [-0.4, -0.2) is 0 Å². The van der Waals surface area contributed by atoms with Crippen LogP contribution in [0.1, 0.15) is 18.5 Å². The van der Waals surface area contributed by atoms with Gasteiger partial charge in [0.25, 0.3) is 0 Å². The minimum absolute atomic E-state index is 0.199. The Bertz CT molecular complexity index is 540. The molecule has 2 aromatic rings. The first-order valence-electron chi connectivity index (χ1n) is 5.55. The van der Waals surface area contributed by atoms with Crippen LogP contribution in [-0.2, 0) is 0 Å². The monoisotopic (exact) mass is 281 g/mol. The fraction of sp³-hybridized carbons (Fsp3) is 0.143.